The van der Waals surface area contributed by atoms with E-state index in [2.05, 4.69) is 36.9 Å². The van der Waals surface area contributed by atoms with Crippen molar-refractivity contribution in [1.82, 2.24) is 4.90 Å². The molecule has 0 aromatic heterocycles. The highest BCUT2D eigenvalue weighted by atomic mass is 16.5. The maximum atomic E-state index is 6.07. The van der Waals surface area contributed by atoms with E-state index in [-0.39, 0.29) is 0 Å². The van der Waals surface area contributed by atoms with Crippen LogP contribution in [0.5, 0.6) is 5.75 Å². The van der Waals surface area contributed by atoms with Crippen LogP contribution in [-0.4, -0.2) is 31.1 Å². The Balaban J connectivity index is 2.16. The zero-order valence-electron chi connectivity index (χ0n) is 13.1. The lowest BCUT2D eigenvalue weighted by Crippen LogP contribution is -2.44. The maximum absolute atomic E-state index is 6.07. The molecule has 1 aliphatic heterocycles. The predicted molar refractivity (Wildman–Crippen MR) is 84.0 cm³/mol. The van der Waals surface area contributed by atoms with Gasteiger partial charge in [0.15, 0.2) is 0 Å². The molecule has 2 rings (SSSR count). The number of nitrogens with two attached hydrogens (primary N) is 1. The summed E-state index contributed by atoms with van der Waals surface area (Å²) in [4.78, 5) is 2.54. The van der Waals surface area contributed by atoms with Crippen LogP contribution >= 0.6 is 0 Å². The third-order valence-corrected chi connectivity index (χ3v) is 4.15. The summed E-state index contributed by atoms with van der Waals surface area (Å²) >= 11 is 0. The van der Waals surface area contributed by atoms with Crippen LogP contribution in [-0.2, 0) is 0 Å². The SMILES string of the molecule is CCOc1cccc(C(CN)N2CCCC(C)(C)C2)c1. The van der Waals surface area contributed by atoms with Gasteiger partial charge in [-0.05, 0) is 49.4 Å². The molecule has 112 valence electrons. The molecule has 3 heteroatoms. The second kappa shape index (κ2) is 6.59. The van der Waals surface area contributed by atoms with E-state index < -0.39 is 0 Å². The van der Waals surface area contributed by atoms with Gasteiger partial charge < -0.3 is 10.5 Å². The van der Waals surface area contributed by atoms with E-state index in [1.165, 1.54) is 18.4 Å². The van der Waals surface area contributed by atoms with Crippen molar-refractivity contribution in [1.29, 1.82) is 0 Å². The standard InChI is InChI=1S/C17H28N2O/c1-4-20-15-8-5-7-14(11-15)16(12-18)19-10-6-9-17(2,3)13-19/h5,7-8,11,16H,4,6,9-10,12-13,18H2,1-3H3. The normalized spacial score (nSPS) is 20.6. The summed E-state index contributed by atoms with van der Waals surface area (Å²) in [5.41, 5.74) is 7.73. The van der Waals surface area contributed by atoms with E-state index in [9.17, 15) is 0 Å². The summed E-state index contributed by atoms with van der Waals surface area (Å²) in [5, 5.41) is 0. The summed E-state index contributed by atoms with van der Waals surface area (Å²) in [6.45, 7) is 10.3. The number of ether oxygens (including phenoxy) is 1. The zero-order chi connectivity index (χ0) is 14.6. The first-order valence-corrected chi connectivity index (χ1v) is 7.72. The van der Waals surface area contributed by atoms with E-state index in [4.69, 9.17) is 10.5 Å². The number of nitrogens with zero attached hydrogens (tertiary/aromatic N) is 1. The Morgan fingerprint density at radius 3 is 2.85 bits per heavy atom. The molecule has 0 saturated carbocycles. The molecule has 1 fully saturated rings. The molecule has 1 saturated heterocycles. The molecule has 1 atom stereocenters. The Labute approximate surface area is 123 Å². The number of benzene rings is 1. The predicted octanol–water partition coefficient (Wildman–Crippen LogP) is 3.21. The van der Waals surface area contributed by atoms with Crippen molar-refractivity contribution in [2.24, 2.45) is 11.1 Å². The lowest BCUT2D eigenvalue weighted by atomic mass is 9.83. The Morgan fingerprint density at radius 1 is 1.40 bits per heavy atom. The molecule has 3 nitrogen and oxygen atoms in total. The minimum atomic E-state index is 0.301. The number of piperidine rings is 1. The molecule has 0 aliphatic carbocycles. The summed E-state index contributed by atoms with van der Waals surface area (Å²) in [5.74, 6) is 0.944. The van der Waals surface area contributed by atoms with Crippen molar-refractivity contribution >= 4 is 0 Å². The minimum Gasteiger partial charge on any atom is -0.494 e. The van der Waals surface area contributed by atoms with Gasteiger partial charge in [0.1, 0.15) is 5.75 Å². The number of likely N-dealkylation sites (tertiary alicyclic amines) is 1. The largest absolute Gasteiger partial charge is 0.494 e. The fourth-order valence-corrected chi connectivity index (χ4v) is 3.21. The number of rotatable bonds is 5. The smallest absolute Gasteiger partial charge is 0.119 e. The van der Waals surface area contributed by atoms with Gasteiger partial charge in [0.2, 0.25) is 0 Å². The Bertz CT molecular complexity index is 431. The van der Waals surface area contributed by atoms with Crippen LogP contribution in [0.2, 0.25) is 0 Å². The molecule has 0 radical (unpaired) electrons. The molecule has 1 aromatic carbocycles. The van der Waals surface area contributed by atoms with Crippen LogP contribution in [0.25, 0.3) is 0 Å². The maximum Gasteiger partial charge on any atom is 0.119 e. The highest BCUT2D eigenvalue weighted by Crippen LogP contribution is 2.34. The Kier molecular flexibility index (Phi) is 5.06. The second-order valence-corrected chi connectivity index (χ2v) is 6.50. The van der Waals surface area contributed by atoms with Gasteiger partial charge in [0, 0.05) is 19.1 Å². The topological polar surface area (TPSA) is 38.5 Å². The van der Waals surface area contributed by atoms with Gasteiger partial charge in [-0.2, -0.15) is 0 Å². The third kappa shape index (κ3) is 3.74. The van der Waals surface area contributed by atoms with Crippen LogP contribution in [0.4, 0.5) is 0 Å². The molecule has 1 aliphatic rings. The first-order valence-electron chi connectivity index (χ1n) is 7.72. The van der Waals surface area contributed by atoms with Gasteiger partial charge in [0.05, 0.1) is 6.61 Å². The molecule has 0 amide bonds. The summed E-state index contributed by atoms with van der Waals surface area (Å²) in [7, 11) is 0. The molecule has 1 heterocycles. The summed E-state index contributed by atoms with van der Waals surface area (Å²) < 4.78 is 5.61. The summed E-state index contributed by atoms with van der Waals surface area (Å²) in [6, 6.07) is 8.69. The van der Waals surface area contributed by atoms with Crippen molar-refractivity contribution in [3.63, 3.8) is 0 Å². The van der Waals surface area contributed by atoms with Gasteiger partial charge in [-0.1, -0.05) is 26.0 Å². The molecule has 2 N–H and O–H groups in total. The molecule has 0 bridgehead atoms. The average Bonchev–Trinajstić information content (AvgIpc) is 2.39. The van der Waals surface area contributed by atoms with E-state index in [1.54, 1.807) is 0 Å². The van der Waals surface area contributed by atoms with Crippen LogP contribution in [0, 0.1) is 5.41 Å². The first kappa shape index (κ1) is 15.3. The molecule has 20 heavy (non-hydrogen) atoms. The Hall–Kier alpha value is -1.06. The molecule has 1 aromatic rings. The Morgan fingerprint density at radius 2 is 2.20 bits per heavy atom. The molecular weight excluding hydrogens is 248 g/mol. The van der Waals surface area contributed by atoms with E-state index in [0.29, 0.717) is 24.6 Å². The van der Waals surface area contributed by atoms with Gasteiger partial charge in [0.25, 0.3) is 0 Å². The van der Waals surface area contributed by atoms with Crippen LogP contribution in [0.1, 0.15) is 45.2 Å². The van der Waals surface area contributed by atoms with Crippen LogP contribution in [0.3, 0.4) is 0 Å². The van der Waals surface area contributed by atoms with Crippen LogP contribution < -0.4 is 10.5 Å². The van der Waals surface area contributed by atoms with Gasteiger partial charge in [-0.3, -0.25) is 4.90 Å². The van der Waals surface area contributed by atoms with Crippen molar-refractivity contribution in [3.05, 3.63) is 29.8 Å². The monoisotopic (exact) mass is 276 g/mol. The third-order valence-electron chi connectivity index (χ3n) is 4.15. The van der Waals surface area contributed by atoms with Crippen molar-refractivity contribution < 1.29 is 4.74 Å². The van der Waals surface area contributed by atoms with Gasteiger partial charge >= 0.3 is 0 Å². The second-order valence-electron chi connectivity index (χ2n) is 6.50. The highest BCUT2D eigenvalue weighted by molar-refractivity contribution is 5.31. The number of hydrogen-bond acceptors (Lipinski definition) is 3. The van der Waals surface area contributed by atoms with Gasteiger partial charge in [-0.25, -0.2) is 0 Å². The zero-order valence-corrected chi connectivity index (χ0v) is 13.1. The van der Waals surface area contributed by atoms with Crippen molar-refractivity contribution in [3.8, 4) is 5.75 Å². The fourth-order valence-electron chi connectivity index (χ4n) is 3.21. The molecule has 1 unspecified atom stereocenters. The van der Waals surface area contributed by atoms with Gasteiger partial charge in [-0.15, -0.1) is 0 Å². The fraction of sp³-hybridized carbons (Fsp3) is 0.647. The average molecular weight is 276 g/mol. The molecule has 0 spiro atoms. The van der Waals surface area contributed by atoms with Crippen LogP contribution in [0.15, 0.2) is 24.3 Å². The summed E-state index contributed by atoms with van der Waals surface area (Å²) in [6.07, 6.45) is 2.56. The highest BCUT2D eigenvalue weighted by Gasteiger charge is 2.30. The lowest BCUT2D eigenvalue weighted by Gasteiger charge is -2.42. The first-order chi connectivity index (χ1) is 9.55. The lowest BCUT2D eigenvalue weighted by molar-refractivity contribution is 0.0806. The van der Waals surface area contributed by atoms with E-state index in [0.717, 1.165) is 18.8 Å². The van der Waals surface area contributed by atoms with Crippen molar-refractivity contribution in [2.45, 2.75) is 39.7 Å². The minimum absolute atomic E-state index is 0.301. The van der Waals surface area contributed by atoms with E-state index in [1.807, 2.05) is 13.0 Å². The number of hydrogen-bond donors (Lipinski definition) is 1. The quantitative estimate of drug-likeness (QED) is 0.897. The van der Waals surface area contributed by atoms with Crippen molar-refractivity contribution in [2.75, 3.05) is 26.2 Å². The van der Waals surface area contributed by atoms with E-state index >= 15 is 0 Å². The molecular formula is C17H28N2O.